The molecule has 2 atom stereocenters. The van der Waals surface area contributed by atoms with Crippen LogP contribution in [-0.2, 0) is 6.42 Å². The number of aliphatic hydroxyl groups is 1. The van der Waals surface area contributed by atoms with E-state index in [-0.39, 0.29) is 4.83 Å². The number of alkyl halides is 1. The van der Waals surface area contributed by atoms with Gasteiger partial charge in [0.05, 0.1) is 11.6 Å². The van der Waals surface area contributed by atoms with Gasteiger partial charge in [0.2, 0.25) is 0 Å². The van der Waals surface area contributed by atoms with Gasteiger partial charge in [0.1, 0.15) is 0 Å². The van der Waals surface area contributed by atoms with Crippen LogP contribution in [-0.4, -0.2) is 14.9 Å². The van der Waals surface area contributed by atoms with Crippen molar-refractivity contribution in [1.29, 1.82) is 0 Å². The Labute approximate surface area is 102 Å². The first-order chi connectivity index (χ1) is 7.75. The number of aliphatic hydroxyl groups excluding tert-OH is 1. The first kappa shape index (κ1) is 10.2. The van der Waals surface area contributed by atoms with E-state index < -0.39 is 6.10 Å². The fourth-order valence-electron chi connectivity index (χ4n) is 2.26. The minimum absolute atomic E-state index is 0.156. The van der Waals surface area contributed by atoms with E-state index in [1.807, 2.05) is 24.3 Å². The number of fused-ring (bicyclic) bond motifs is 2. The van der Waals surface area contributed by atoms with E-state index in [1.165, 1.54) is 0 Å². The third kappa shape index (κ3) is 1.55. The Morgan fingerprint density at radius 2 is 2.12 bits per heavy atom. The molecule has 1 N–H and O–H groups in total. The van der Waals surface area contributed by atoms with Gasteiger partial charge in [-0.3, -0.25) is 4.98 Å². The third-order valence-electron chi connectivity index (χ3n) is 3.15. The lowest BCUT2D eigenvalue weighted by Crippen LogP contribution is -2.21. The molecule has 0 fully saturated rings. The molecule has 0 amide bonds. The number of nitrogens with zero attached hydrogens (tertiary/aromatic N) is 1. The number of aryl methyl sites for hydroxylation is 1. The van der Waals surface area contributed by atoms with Gasteiger partial charge in [0.15, 0.2) is 0 Å². The molecule has 1 aromatic carbocycles. The molecule has 0 spiro atoms. The Kier molecular flexibility index (Phi) is 2.45. The fourth-order valence-corrected chi connectivity index (χ4v) is 2.77. The van der Waals surface area contributed by atoms with Crippen molar-refractivity contribution in [2.45, 2.75) is 23.8 Å². The van der Waals surface area contributed by atoms with E-state index in [4.69, 9.17) is 0 Å². The highest BCUT2D eigenvalue weighted by Gasteiger charge is 2.26. The van der Waals surface area contributed by atoms with Crippen molar-refractivity contribution in [3.63, 3.8) is 0 Å². The van der Waals surface area contributed by atoms with Crippen LogP contribution in [0.15, 0.2) is 30.3 Å². The Bertz CT molecular complexity index is 540. The zero-order chi connectivity index (χ0) is 11.1. The summed E-state index contributed by atoms with van der Waals surface area (Å²) in [7, 11) is 0. The number of hydrogen-bond donors (Lipinski definition) is 1. The summed E-state index contributed by atoms with van der Waals surface area (Å²) >= 11 is 3.51. The summed E-state index contributed by atoms with van der Waals surface area (Å²) in [6.45, 7) is 0. The van der Waals surface area contributed by atoms with Gasteiger partial charge in [0.25, 0.3) is 0 Å². The molecule has 16 heavy (non-hydrogen) atoms. The lowest BCUT2D eigenvalue weighted by atomic mass is 9.92. The first-order valence-corrected chi connectivity index (χ1v) is 6.38. The number of pyridine rings is 1. The highest BCUT2D eigenvalue weighted by molar-refractivity contribution is 9.09. The molecule has 1 aromatic heterocycles. The van der Waals surface area contributed by atoms with E-state index in [2.05, 4.69) is 27.0 Å². The molecule has 0 bridgehead atoms. The monoisotopic (exact) mass is 277 g/mol. The van der Waals surface area contributed by atoms with Crippen LogP contribution in [0.1, 0.15) is 23.8 Å². The molecule has 3 heteroatoms. The average Bonchev–Trinajstić information content (AvgIpc) is 2.32. The molecule has 0 saturated carbocycles. The van der Waals surface area contributed by atoms with Crippen molar-refractivity contribution in [3.8, 4) is 0 Å². The molecular formula is C13H12BrNO. The van der Waals surface area contributed by atoms with E-state index in [0.29, 0.717) is 0 Å². The summed E-state index contributed by atoms with van der Waals surface area (Å²) < 4.78 is 0. The summed E-state index contributed by atoms with van der Waals surface area (Å²) in [5.41, 5.74) is 3.04. The first-order valence-electron chi connectivity index (χ1n) is 5.46. The fraction of sp³-hybridized carbons (Fsp3) is 0.308. The highest BCUT2D eigenvalue weighted by Crippen LogP contribution is 2.34. The van der Waals surface area contributed by atoms with Gasteiger partial charge >= 0.3 is 0 Å². The molecule has 3 rings (SSSR count). The van der Waals surface area contributed by atoms with E-state index in [1.54, 1.807) is 0 Å². The largest absolute Gasteiger partial charge is 0.387 e. The lowest BCUT2D eigenvalue weighted by molar-refractivity contribution is 0.164. The number of hydrogen-bond acceptors (Lipinski definition) is 2. The number of rotatable bonds is 0. The van der Waals surface area contributed by atoms with Gasteiger partial charge in [-0.05, 0) is 25.0 Å². The van der Waals surface area contributed by atoms with Crippen LogP contribution >= 0.6 is 15.9 Å². The number of aromatic nitrogens is 1. The maximum absolute atomic E-state index is 10.1. The second-order valence-electron chi connectivity index (χ2n) is 4.22. The van der Waals surface area contributed by atoms with Crippen molar-refractivity contribution < 1.29 is 5.11 Å². The lowest BCUT2D eigenvalue weighted by Gasteiger charge is -2.25. The van der Waals surface area contributed by atoms with Crippen molar-refractivity contribution in [1.82, 2.24) is 4.98 Å². The second kappa shape index (κ2) is 3.82. The third-order valence-corrected chi connectivity index (χ3v) is 4.11. The number of benzene rings is 1. The topological polar surface area (TPSA) is 33.1 Å². The van der Waals surface area contributed by atoms with Crippen LogP contribution < -0.4 is 0 Å². The van der Waals surface area contributed by atoms with Gasteiger partial charge in [0, 0.05) is 21.5 Å². The highest BCUT2D eigenvalue weighted by atomic mass is 79.9. The summed E-state index contributed by atoms with van der Waals surface area (Å²) in [5.74, 6) is 0. The molecule has 2 nitrogen and oxygen atoms in total. The van der Waals surface area contributed by atoms with Crippen molar-refractivity contribution in [2.75, 3.05) is 0 Å². The Hall–Kier alpha value is -0.930. The summed E-state index contributed by atoms with van der Waals surface area (Å²) in [6, 6.07) is 10.1. The van der Waals surface area contributed by atoms with Crippen molar-refractivity contribution in [3.05, 3.63) is 41.6 Å². The Morgan fingerprint density at radius 1 is 1.31 bits per heavy atom. The summed E-state index contributed by atoms with van der Waals surface area (Å²) in [6.07, 6.45) is 1.45. The molecule has 82 valence electrons. The molecule has 0 aliphatic heterocycles. The number of para-hydroxylation sites is 1. The van der Waals surface area contributed by atoms with Crippen LogP contribution in [0, 0.1) is 0 Å². The zero-order valence-electron chi connectivity index (χ0n) is 8.73. The number of halogens is 1. The van der Waals surface area contributed by atoms with Crippen LogP contribution in [0.2, 0.25) is 0 Å². The molecule has 0 saturated heterocycles. The van der Waals surface area contributed by atoms with Gasteiger partial charge < -0.3 is 5.11 Å². The molecule has 0 unspecified atom stereocenters. The smallest absolute Gasteiger partial charge is 0.0932 e. The predicted octanol–water partition coefficient (Wildman–Crippen LogP) is 2.98. The zero-order valence-corrected chi connectivity index (χ0v) is 10.3. The average molecular weight is 278 g/mol. The van der Waals surface area contributed by atoms with E-state index in [9.17, 15) is 5.11 Å². The molecular weight excluding hydrogens is 266 g/mol. The van der Waals surface area contributed by atoms with E-state index in [0.717, 1.165) is 35.0 Å². The van der Waals surface area contributed by atoms with Gasteiger partial charge in [-0.25, -0.2) is 0 Å². The van der Waals surface area contributed by atoms with Gasteiger partial charge in [-0.15, -0.1) is 0 Å². The summed E-state index contributed by atoms with van der Waals surface area (Å²) in [4.78, 5) is 4.78. The SMILES string of the molecule is O[C@H]1c2cc3ccccc3nc2CC[C@@H]1Br. The maximum atomic E-state index is 10.1. The van der Waals surface area contributed by atoms with Crippen LogP contribution in [0.3, 0.4) is 0 Å². The molecule has 2 aromatic rings. The maximum Gasteiger partial charge on any atom is 0.0932 e. The van der Waals surface area contributed by atoms with Crippen LogP contribution in [0.5, 0.6) is 0 Å². The minimum atomic E-state index is -0.430. The van der Waals surface area contributed by atoms with Crippen molar-refractivity contribution >= 4 is 26.8 Å². The quantitative estimate of drug-likeness (QED) is 0.751. The second-order valence-corrected chi connectivity index (χ2v) is 5.39. The van der Waals surface area contributed by atoms with E-state index >= 15 is 0 Å². The van der Waals surface area contributed by atoms with Gasteiger partial charge in [-0.2, -0.15) is 0 Å². The molecule has 1 aliphatic carbocycles. The van der Waals surface area contributed by atoms with Crippen LogP contribution in [0.4, 0.5) is 0 Å². The predicted molar refractivity (Wildman–Crippen MR) is 67.7 cm³/mol. The summed E-state index contributed by atoms with van der Waals surface area (Å²) in [5, 5.41) is 11.2. The van der Waals surface area contributed by atoms with Gasteiger partial charge in [-0.1, -0.05) is 34.1 Å². The van der Waals surface area contributed by atoms with Crippen molar-refractivity contribution in [2.24, 2.45) is 0 Å². The normalized spacial score (nSPS) is 24.4. The molecule has 0 radical (unpaired) electrons. The Morgan fingerprint density at radius 3 is 3.00 bits per heavy atom. The molecule has 1 aliphatic rings. The standard InChI is InChI=1S/C13H12BrNO/c14-10-5-6-12-9(13(10)16)7-8-3-1-2-4-11(8)15-12/h1-4,7,10,13,16H,5-6H2/t10-,13-/m0/s1. The minimum Gasteiger partial charge on any atom is -0.387 e. The van der Waals surface area contributed by atoms with Crippen LogP contribution in [0.25, 0.3) is 10.9 Å². The Balaban J connectivity index is 2.23. The molecule has 1 heterocycles.